The van der Waals surface area contributed by atoms with E-state index in [2.05, 4.69) is 10.6 Å². The molecule has 5 heteroatoms. The standard InChI is InChI=1S/C16H22N2O3/c1-2-16(8-9-17-11-16)15(21)18-13(10-14(19)20)12-6-4-3-5-7-12/h3-7,13,17H,2,8-11H2,1H3,(H,18,21)(H,19,20). The Balaban J connectivity index is 2.15. The molecule has 114 valence electrons. The maximum absolute atomic E-state index is 12.6. The maximum atomic E-state index is 12.6. The van der Waals surface area contributed by atoms with E-state index in [1.54, 1.807) is 0 Å². The van der Waals surface area contributed by atoms with Crippen LogP contribution in [0, 0.1) is 5.41 Å². The zero-order valence-corrected chi connectivity index (χ0v) is 12.3. The van der Waals surface area contributed by atoms with Crippen molar-refractivity contribution in [3.63, 3.8) is 0 Å². The molecule has 2 unspecified atom stereocenters. The average molecular weight is 290 g/mol. The molecule has 1 amide bonds. The zero-order chi connectivity index (χ0) is 15.3. The van der Waals surface area contributed by atoms with E-state index in [-0.39, 0.29) is 12.3 Å². The summed E-state index contributed by atoms with van der Waals surface area (Å²) in [5.74, 6) is -0.968. The summed E-state index contributed by atoms with van der Waals surface area (Å²) in [6, 6.07) is 8.78. The van der Waals surface area contributed by atoms with Crippen molar-refractivity contribution in [3.05, 3.63) is 35.9 Å². The number of carboxylic acids is 1. The van der Waals surface area contributed by atoms with Gasteiger partial charge < -0.3 is 15.7 Å². The molecule has 1 saturated heterocycles. The van der Waals surface area contributed by atoms with Crippen molar-refractivity contribution < 1.29 is 14.7 Å². The van der Waals surface area contributed by atoms with Crippen molar-refractivity contribution in [2.75, 3.05) is 13.1 Å². The van der Waals surface area contributed by atoms with Crippen LogP contribution in [0.2, 0.25) is 0 Å². The molecule has 0 saturated carbocycles. The predicted molar refractivity (Wildman–Crippen MR) is 79.8 cm³/mol. The Morgan fingerprint density at radius 3 is 2.62 bits per heavy atom. The number of hydrogen-bond donors (Lipinski definition) is 3. The van der Waals surface area contributed by atoms with Gasteiger partial charge in [0.05, 0.1) is 17.9 Å². The monoisotopic (exact) mass is 290 g/mol. The number of rotatable bonds is 6. The first-order valence-corrected chi connectivity index (χ1v) is 7.36. The predicted octanol–water partition coefficient (Wildman–Crippen LogP) is 1.71. The van der Waals surface area contributed by atoms with Gasteiger partial charge in [0.2, 0.25) is 5.91 Å². The minimum atomic E-state index is -0.917. The van der Waals surface area contributed by atoms with E-state index in [1.807, 2.05) is 37.3 Å². The van der Waals surface area contributed by atoms with Crippen molar-refractivity contribution in [2.24, 2.45) is 5.41 Å². The van der Waals surface area contributed by atoms with Crippen LogP contribution in [-0.2, 0) is 9.59 Å². The van der Waals surface area contributed by atoms with E-state index in [4.69, 9.17) is 5.11 Å². The van der Waals surface area contributed by atoms with Gasteiger partial charge in [0, 0.05) is 6.54 Å². The third-order valence-corrected chi connectivity index (χ3v) is 4.29. The van der Waals surface area contributed by atoms with Gasteiger partial charge in [-0.3, -0.25) is 9.59 Å². The van der Waals surface area contributed by atoms with Gasteiger partial charge in [0.25, 0.3) is 0 Å². The summed E-state index contributed by atoms with van der Waals surface area (Å²) in [6.45, 7) is 3.49. The summed E-state index contributed by atoms with van der Waals surface area (Å²) < 4.78 is 0. The number of nitrogens with one attached hydrogen (secondary N) is 2. The Bertz CT molecular complexity index is 496. The van der Waals surface area contributed by atoms with Crippen molar-refractivity contribution in [1.82, 2.24) is 10.6 Å². The normalized spacial score (nSPS) is 22.7. The van der Waals surface area contributed by atoms with Crippen LogP contribution >= 0.6 is 0 Å². The first-order valence-electron chi connectivity index (χ1n) is 7.36. The number of carbonyl (C=O) groups excluding carboxylic acids is 1. The number of amides is 1. The number of benzene rings is 1. The fourth-order valence-corrected chi connectivity index (χ4v) is 2.82. The molecule has 1 aliphatic rings. The molecule has 3 N–H and O–H groups in total. The Hall–Kier alpha value is -1.88. The topological polar surface area (TPSA) is 78.4 Å². The molecule has 0 spiro atoms. The molecule has 0 radical (unpaired) electrons. The largest absolute Gasteiger partial charge is 0.481 e. The summed E-state index contributed by atoms with van der Waals surface area (Å²) in [4.78, 5) is 23.7. The maximum Gasteiger partial charge on any atom is 0.305 e. The Morgan fingerprint density at radius 1 is 1.38 bits per heavy atom. The molecule has 1 aliphatic heterocycles. The number of carbonyl (C=O) groups is 2. The SMILES string of the molecule is CCC1(C(=O)NC(CC(=O)O)c2ccccc2)CCNC1. The van der Waals surface area contributed by atoms with Crippen LogP contribution in [-0.4, -0.2) is 30.1 Å². The van der Waals surface area contributed by atoms with E-state index < -0.39 is 17.4 Å². The highest BCUT2D eigenvalue weighted by molar-refractivity contribution is 5.84. The number of aliphatic carboxylic acids is 1. The van der Waals surface area contributed by atoms with Gasteiger partial charge in [-0.15, -0.1) is 0 Å². The smallest absolute Gasteiger partial charge is 0.305 e. The first kappa shape index (κ1) is 15.5. The van der Waals surface area contributed by atoms with E-state index >= 15 is 0 Å². The van der Waals surface area contributed by atoms with E-state index in [9.17, 15) is 9.59 Å². The molecule has 0 bridgehead atoms. The second kappa shape index (κ2) is 6.72. The van der Waals surface area contributed by atoms with Gasteiger partial charge in [-0.2, -0.15) is 0 Å². The summed E-state index contributed by atoms with van der Waals surface area (Å²) in [5, 5.41) is 15.2. The van der Waals surface area contributed by atoms with E-state index in [0.29, 0.717) is 6.54 Å². The third kappa shape index (κ3) is 3.61. The minimum Gasteiger partial charge on any atom is -0.481 e. The number of hydrogen-bond acceptors (Lipinski definition) is 3. The van der Waals surface area contributed by atoms with Crippen LogP contribution in [0.3, 0.4) is 0 Å². The van der Waals surface area contributed by atoms with Gasteiger partial charge in [0.1, 0.15) is 0 Å². The van der Waals surface area contributed by atoms with Crippen LogP contribution in [0.5, 0.6) is 0 Å². The lowest BCUT2D eigenvalue weighted by Gasteiger charge is -2.28. The summed E-state index contributed by atoms with van der Waals surface area (Å²) in [6.07, 6.45) is 1.44. The minimum absolute atomic E-state index is 0.0508. The molecule has 21 heavy (non-hydrogen) atoms. The third-order valence-electron chi connectivity index (χ3n) is 4.29. The second-order valence-corrected chi connectivity index (χ2v) is 5.60. The second-order valence-electron chi connectivity index (χ2n) is 5.60. The lowest BCUT2D eigenvalue weighted by molar-refractivity contribution is -0.138. The molecule has 1 fully saturated rings. The molecule has 2 rings (SSSR count). The first-order chi connectivity index (χ1) is 10.1. The van der Waals surface area contributed by atoms with Crippen molar-refractivity contribution >= 4 is 11.9 Å². The van der Waals surface area contributed by atoms with Crippen LogP contribution in [0.1, 0.15) is 37.8 Å². The lowest BCUT2D eigenvalue weighted by atomic mass is 9.83. The van der Waals surface area contributed by atoms with Gasteiger partial charge in [0.15, 0.2) is 0 Å². The zero-order valence-electron chi connectivity index (χ0n) is 12.3. The summed E-state index contributed by atoms with van der Waals surface area (Å²) in [5.41, 5.74) is 0.413. The number of carboxylic acid groups (broad SMARTS) is 1. The Morgan fingerprint density at radius 2 is 2.10 bits per heavy atom. The molecular formula is C16H22N2O3. The Labute approximate surface area is 124 Å². The summed E-state index contributed by atoms with van der Waals surface area (Å²) >= 11 is 0. The average Bonchev–Trinajstić information content (AvgIpc) is 2.97. The molecule has 1 heterocycles. The van der Waals surface area contributed by atoms with Gasteiger partial charge in [-0.1, -0.05) is 37.3 Å². The van der Waals surface area contributed by atoms with Gasteiger partial charge in [-0.05, 0) is 24.9 Å². The van der Waals surface area contributed by atoms with E-state index in [0.717, 1.165) is 24.9 Å². The van der Waals surface area contributed by atoms with E-state index in [1.165, 1.54) is 0 Å². The quantitative estimate of drug-likeness (QED) is 0.745. The van der Waals surface area contributed by atoms with Gasteiger partial charge in [-0.25, -0.2) is 0 Å². The summed E-state index contributed by atoms with van der Waals surface area (Å²) in [7, 11) is 0. The van der Waals surface area contributed by atoms with Crippen molar-refractivity contribution in [1.29, 1.82) is 0 Å². The van der Waals surface area contributed by atoms with Crippen LogP contribution in [0.25, 0.3) is 0 Å². The molecule has 0 aliphatic carbocycles. The lowest BCUT2D eigenvalue weighted by Crippen LogP contribution is -2.44. The fraction of sp³-hybridized carbons (Fsp3) is 0.500. The molecule has 1 aromatic rings. The van der Waals surface area contributed by atoms with Crippen molar-refractivity contribution in [2.45, 2.75) is 32.2 Å². The van der Waals surface area contributed by atoms with Crippen LogP contribution < -0.4 is 10.6 Å². The highest BCUT2D eigenvalue weighted by atomic mass is 16.4. The Kier molecular flexibility index (Phi) is 4.96. The fourth-order valence-electron chi connectivity index (χ4n) is 2.82. The van der Waals surface area contributed by atoms with Crippen LogP contribution in [0.4, 0.5) is 0 Å². The molecular weight excluding hydrogens is 268 g/mol. The molecule has 5 nitrogen and oxygen atoms in total. The van der Waals surface area contributed by atoms with Gasteiger partial charge >= 0.3 is 5.97 Å². The van der Waals surface area contributed by atoms with Crippen LogP contribution in [0.15, 0.2) is 30.3 Å². The molecule has 2 atom stereocenters. The highest BCUT2D eigenvalue weighted by Crippen LogP contribution is 2.31. The van der Waals surface area contributed by atoms with Crippen molar-refractivity contribution in [3.8, 4) is 0 Å². The molecule has 1 aromatic carbocycles. The molecule has 0 aromatic heterocycles. The highest BCUT2D eigenvalue weighted by Gasteiger charge is 2.40.